The molecule has 0 heterocycles. The van der Waals surface area contributed by atoms with Crippen LogP contribution in [0, 0.1) is 0 Å². The van der Waals surface area contributed by atoms with E-state index in [0.29, 0.717) is 22.7 Å². The van der Waals surface area contributed by atoms with E-state index in [-0.39, 0.29) is 22.3 Å². The highest BCUT2D eigenvalue weighted by molar-refractivity contribution is 7.91. The molecule has 0 unspecified atom stereocenters. The van der Waals surface area contributed by atoms with Gasteiger partial charge in [0.15, 0.2) is 11.4 Å². The quantitative estimate of drug-likeness (QED) is 0.122. The van der Waals surface area contributed by atoms with Crippen molar-refractivity contribution in [2.45, 2.75) is 0 Å². The molecule has 4 aromatic rings. The molecule has 0 saturated heterocycles. The Balaban J connectivity index is 1.31. The second kappa shape index (κ2) is 12.2. The number of carbonyl (C=O) groups excluding carboxylic acids is 2. The van der Waals surface area contributed by atoms with Gasteiger partial charge in [-0.15, -0.1) is 0 Å². The average molecular weight is 670 g/mol. The largest absolute Gasteiger partial charge is 0.355 e. The minimum atomic E-state index is -4.86. The Morgan fingerprint density at radius 1 is 0.511 bits per heavy atom. The van der Waals surface area contributed by atoms with Crippen molar-refractivity contribution in [3.05, 3.63) is 129 Å². The minimum Gasteiger partial charge on any atom is -0.355 e. The van der Waals surface area contributed by atoms with E-state index in [0.717, 1.165) is 12.2 Å². The molecule has 0 spiro atoms. The maximum Gasteiger partial charge on any atom is 0.296 e. The number of anilines is 4. The fraction of sp³-hybridized carbons (Fsp3) is 0. The monoisotopic (exact) mass is 669 g/mol. The van der Waals surface area contributed by atoms with E-state index in [2.05, 4.69) is 26.4 Å². The number of ketones is 2. The van der Waals surface area contributed by atoms with Gasteiger partial charge in [-0.2, -0.15) is 27.0 Å². The lowest BCUT2D eigenvalue weighted by Gasteiger charge is -2.19. The van der Waals surface area contributed by atoms with Crippen molar-refractivity contribution in [3.63, 3.8) is 0 Å². The summed E-state index contributed by atoms with van der Waals surface area (Å²) in [6.07, 6.45) is 2.25. The molecule has 47 heavy (non-hydrogen) atoms. The van der Waals surface area contributed by atoms with Gasteiger partial charge in [-0.1, -0.05) is 36.4 Å². The molecule has 4 aromatic carbocycles. The van der Waals surface area contributed by atoms with Crippen molar-refractivity contribution in [3.8, 4) is 0 Å². The summed E-state index contributed by atoms with van der Waals surface area (Å²) >= 11 is 0. The van der Waals surface area contributed by atoms with Crippen LogP contribution in [0.3, 0.4) is 0 Å². The average Bonchev–Trinajstić information content (AvgIpc) is 3.03. The first-order valence-electron chi connectivity index (χ1n) is 13.7. The van der Waals surface area contributed by atoms with Crippen molar-refractivity contribution in [2.75, 3.05) is 16.2 Å². The molecule has 2 aliphatic carbocycles. The molecule has 6 rings (SSSR count). The molecular formula is C32H23N5O8S2. The predicted molar refractivity (Wildman–Crippen MR) is 179 cm³/mol. The third-order valence-corrected chi connectivity index (χ3v) is 8.78. The zero-order chi connectivity index (χ0) is 33.3. The minimum absolute atomic E-state index is 0.129. The first-order valence-corrected chi connectivity index (χ1v) is 16.6. The maximum absolute atomic E-state index is 13.3. The standard InChI is InChI=1S/C32H23N5O8S2/c38-31-25-13-11-23(15-19(25)17-27(46(40,41)42)29(31)36-34-21-7-3-1-4-8-21)33-24-12-14-26-20(16-24)18-28(47(43,44)45)30(32(26)39)37-35-22-9-5-2-6-10-22/h1-18,33-35H,(H,40,41,42)(H,43,44,45)/b36-29-,37-30-. The summed E-state index contributed by atoms with van der Waals surface area (Å²) in [5.74, 6) is -1.47. The molecule has 0 bridgehead atoms. The highest BCUT2D eigenvalue weighted by atomic mass is 32.2. The van der Waals surface area contributed by atoms with Crippen LogP contribution in [0.4, 0.5) is 22.7 Å². The Hall–Kier alpha value is -5.74. The topological polar surface area (TPSA) is 204 Å². The zero-order valence-corrected chi connectivity index (χ0v) is 25.6. The van der Waals surface area contributed by atoms with Crippen LogP contribution in [-0.2, 0) is 20.2 Å². The smallest absolute Gasteiger partial charge is 0.296 e. The van der Waals surface area contributed by atoms with Gasteiger partial charge in [0.05, 0.1) is 11.4 Å². The number of rotatable bonds is 8. The number of para-hydroxylation sites is 2. The number of allylic oxidation sites excluding steroid dienone is 2. The number of carbonyl (C=O) groups is 2. The van der Waals surface area contributed by atoms with Crippen molar-refractivity contribution < 1.29 is 35.5 Å². The number of hydrogen-bond donors (Lipinski definition) is 5. The van der Waals surface area contributed by atoms with E-state index in [9.17, 15) is 35.5 Å². The lowest BCUT2D eigenvalue weighted by atomic mass is 9.93. The van der Waals surface area contributed by atoms with Gasteiger partial charge < -0.3 is 5.32 Å². The van der Waals surface area contributed by atoms with Crippen molar-refractivity contribution in [1.82, 2.24) is 0 Å². The van der Waals surface area contributed by atoms with Crippen LogP contribution in [0.2, 0.25) is 0 Å². The molecule has 0 radical (unpaired) electrons. The van der Waals surface area contributed by atoms with E-state index in [1.54, 1.807) is 72.8 Å². The van der Waals surface area contributed by atoms with Crippen LogP contribution < -0.4 is 16.2 Å². The lowest BCUT2D eigenvalue weighted by Crippen LogP contribution is -2.27. The van der Waals surface area contributed by atoms with E-state index in [1.165, 1.54) is 24.3 Å². The van der Waals surface area contributed by atoms with Gasteiger partial charge in [-0.3, -0.25) is 29.5 Å². The Morgan fingerprint density at radius 3 is 1.26 bits per heavy atom. The number of hydrazone groups is 2. The van der Waals surface area contributed by atoms with E-state index in [1.807, 2.05) is 0 Å². The first-order chi connectivity index (χ1) is 22.4. The van der Waals surface area contributed by atoms with Gasteiger partial charge in [-0.25, -0.2) is 0 Å². The van der Waals surface area contributed by atoms with E-state index >= 15 is 0 Å². The van der Waals surface area contributed by atoms with E-state index < -0.39 is 53.0 Å². The third-order valence-electron chi connectivity index (χ3n) is 7.05. The molecule has 0 atom stereocenters. The molecule has 0 aromatic heterocycles. The van der Waals surface area contributed by atoms with Gasteiger partial charge >= 0.3 is 0 Å². The highest BCUT2D eigenvalue weighted by Crippen LogP contribution is 2.32. The molecule has 0 fully saturated rings. The summed E-state index contributed by atoms with van der Waals surface area (Å²) in [6, 6.07) is 26.0. The maximum atomic E-state index is 13.3. The summed E-state index contributed by atoms with van der Waals surface area (Å²) in [5, 5.41) is 11.0. The summed E-state index contributed by atoms with van der Waals surface area (Å²) in [7, 11) is -9.71. The van der Waals surface area contributed by atoms with Crippen LogP contribution in [0.25, 0.3) is 12.2 Å². The Labute approximate surface area is 268 Å². The number of hydrogen-bond acceptors (Lipinski definition) is 11. The summed E-state index contributed by atoms with van der Waals surface area (Å²) in [4.78, 5) is 25.2. The molecule has 15 heteroatoms. The molecular weight excluding hydrogens is 647 g/mol. The predicted octanol–water partition coefficient (Wildman–Crippen LogP) is 5.22. The number of fused-ring (bicyclic) bond motifs is 2. The van der Waals surface area contributed by atoms with Crippen LogP contribution in [-0.4, -0.2) is 48.9 Å². The molecule has 2 aliphatic rings. The zero-order valence-electron chi connectivity index (χ0n) is 23.9. The van der Waals surface area contributed by atoms with Gasteiger partial charge in [-0.05, 0) is 83.9 Å². The SMILES string of the molecule is O=C1/C(=N\Nc2ccccc2)C(S(=O)(=O)O)=Cc2cc(Nc3ccc4c(c3)C=C(S(=O)(=O)O)/C(=N/Nc3ccccc3)C4=O)ccc21. The van der Waals surface area contributed by atoms with Crippen molar-refractivity contribution in [2.24, 2.45) is 10.2 Å². The summed E-state index contributed by atoms with van der Waals surface area (Å²) in [5.41, 5.74) is 6.64. The van der Waals surface area contributed by atoms with Crippen molar-refractivity contribution in [1.29, 1.82) is 0 Å². The number of benzene rings is 4. The van der Waals surface area contributed by atoms with Crippen LogP contribution in [0.5, 0.6) is 0 Å². The fourth-order valence-electron chi connectivity index (χ4n) is 4.87. The molecule has 236 valence electrons. The fourth-order valence-corrected chi connectivity index (χ4v) is 6.19. The van der Waals surface area contributed by atoms with Crippen LogP contribution in [0.1, 0.15) is 31.8 Å². The van der Waals surface area contributed by atoms with Gasteiger partial charge in [0.2, 0.25) is 11.6 Å². The summed E-state index contributed by atoms with van der Waals surface area (Å²) < 4.78 is 68.8. The lowest BCUT2D eigenvalue weighted by molar-refractivity contribution is 0.105. The molecule has 0 amide bonds. The number of nitrogens with zero attached hydrogens (tertiary/aromatic N) is 2. The first kappa shape index (κ1) is 31.3. The van der Waals surface area contributed by atoms with Crippen LogP contribution >= 0.6 is 0 Å². The Morgan fingerprint density at radius 2 is 0.894 bits per heavy atom. The normalized spacial score (nSPS) is 16.2. The van der Waals surface area contributed by atoms with Gasteiger partial charge in [0, 0.05) is 22.5 Å². The molecule has 0 saturated carbocycles. The summed E-state index contributed by atoms with van der Waals surface area (Å²) in [6.45, 7) is 0. The molecule has 13 nitrogen and oxygen atoms in total. The highest BCUT2D eigenvalue weighted by Gasteiger charge is 2.34. The van der Waals surface area contributed by atoms with Gasteiger partial charge in [0.1, 0.15) is 9.81 Å². The van der Waals surface area contributed by atoms with Crippen LogP contribution in [0.15, 0.2) is 117 Å². The van der Waals surface area contributed by atoms with E-state index in [4.69, 9.17) is 0 Å². The second-order valence-electron chi connectivity index (χ2n) is 10.2. The van der Waals surface area contributed by atoms with Crippen molar-refractivity contribution >= 4 is 78.1 Å². The molecule has 0 aliphatic heterocycles. The third kappa shape index (κ3) is 6.63. The van der Waals surface area contributed by atoms with Gasteiger partial charge in [0.25, 0.3) is 20.2 Å². The Bertz CT molecular complexity index is 2140. The second-order valence-corrected chi connectivity index (χ2v) is 13.0. The molecule has 5 N–H and O–H groups in total. The Kier molecular flexibility index (Phi) is 8.13. The number of Topliss-reactive ketones (excluding diaryl/α,β-unsaturated/α-hetero) is 2. The number of nitrogens with one attached hydrogen (secondary N) is 3.